The SMILES string of the molecule is CCn1cc2ncc(N[C@@H](C)c3cccc(NC(=O)c4ccc(C(F)(F)F)c(Cl)c4)c3)nc2n1. The second-order valence-electron chi connectivity index (χ2n) is 7.59. The van der Waals surface area contributed by atoms with Gasteiger partial charge in [0.15, 0.2) is 0 Å². The van der Waals surface area contributed by atoms with Crippen LogP contribution in [0, 0.1) is 0 Å². The minimum Gasteiger partial charge on any atom is -0.362 e. The van der Waals surface area contributed by atoms with Crippen molar-refractivity contribution < 1.29 is 18.0 Å². The third-order valence-corrected chi connectivity index (χ3v) is 5.46. The lowest BCUT2D eigenvalue weighted by molar-refractivity contribution is -0.137. The minimum absolute atomic E-state index is 0.0182. The van der Waals surface area contributed by atoms with Crippen molar-refractivity contribution >= 4 is 40.2 Å². The van der Waals surface area contributed by atoms with Crippen molar-refractivity contribution in [2.75, 3.05) is 10.6 Å². The summed E-state index contributed by atoms with van der Waals surface area (Å²) in [7, 11) is 0. The van der Waals surface area contributed by atoms with E-state index in [4.69, 9.17) is 11.6 Å². The molecule has 0 radical (unpaired) electrons. The van der Waals surface area contributed by atoms with Gasteiger partial charge in [-0.2, -0.15) is 18.3 Å². The highest BCUT2D eigenvalue weighted by Gasteiger charge is 2.33. The van der Waals surface area contributed by atoms with Crippen molar-refractivity contribution in [3.8, 4) is 0 Å². The summed E-state index contributed by atoms with van der Waals surface area (Å²) < 4.78 is 40.4. The van der Waals surface area contributed by atoms with Crippen LogP contribution in [0.4, 0.5) is 24.7 Å². The highest BCUT2D eigenvalue weighted by Crippen LogP contribution is 2.35. The first-order valence-electron chi connectivity index (χ1n) is 10.4. The molecule has 11 heteroatoms. The third-order valence-electron chi connectivity index (χ3n) is 5.15. The van der Waals surface area contributed by atoms with Crippen LogP contribution in [-0.4, -0.2) is 25.7 Å². The number of aromatic nitrogens is 4. The van der Waals surface area contributed by atoms with Gasteiger partial charge in [0.05, 0.1) is 29.0 Å². The number of rotatable bonds is 6. The number of nitrogens with zero attached hydrogens (tertiary/aromatic N) is 4. The molecule has 176 valence electrons. The van der Waals surface area contributed by atoms with Gasteiger partial charge in [-0.05, 0) is 49.7 Å². The van der Waals surface area contributed by atoms with Crippen molar-refractivity contribution in [2.24, 2.45) is 0 Å². The van der Waals surface area contributed by atoms with Gasteiger partial charge in [0.2, 0.25) is 5.65 Å². The van der Waals surface area contributed by atoms with E-state index in [2.05, 4.69) is 25.7 Å². The molecular weight excluding hydrogens is 469 g/mol. The molecule has 0 aliphatic rings. The Morgan fingerprint density at radius 3 is 2.71 bits per heavy atom. The topological polar surface area (TPSA) is 84.7 Å². The van der Waals surface area contributed by atoms with Gasteiger partial charge in [0.1, 0.15) is 11.3 Å². The molecular formula is C23H20ClF3N6O. The van der Waals surface area contributed by atoms with Gasteiger partial charge < -0.3 is 10.6 Å². The van der Waals surface area contributed by atoms with Crippen LogP contribution in [0.1, 0.15) is 41.4 Å². The summed E-state index contributed by atoms with van der Waals surface area (Å²) in [5, 5.41) is 9.77. The molecule has 4 aromatic rings. The Morgan fingerprint density at radius 2 is 2.00 bits per heavy atom. The van der Waals surface area contributed by atoms with Gasteiger partial charge in [0.25, 0.3) is 5.91 Å². The van der Waals surface area contributed by atoms with E-state index in [1.807, 2.05) is 26.1 Å². The molecule has 0 spiro atoms. The van der Waals surface area contributed by atoms with Crippen molar-refractivity contribution in [3.63, 3.8) is 0 Å². The summed E-state index contributed by atoms with van der Waals surface area (Å²) in [5.41, 5.74) is 1.60. The molecule has 0 aliphatic heterocycles. The largest absolute Gasteiger partial charge is 0.417 e. The predicted octanol–water partition coefficient (Wildman–Crippen LogP) is 5.94. The molecule has 4 rings (SSSR count). The molecule has 34 heavy (non-hydrogen) atoms. The van der Waals surface area contributed by atoms with Crippen molar-refractivity contribution in [3.05, 3.63) is 76.6 Å². The van der Waals surface area contributed by atoms with Crippen LogP contribution in [-0.2, 0) is 12.7 Å². The normalized spacial score (nSPS) is 12.5. The first-order valence-corrected chi connectivity index (χ1v) is 10.8. The fourth-order valence-corrected chi connectivity index (χ4v) is 3.64. The monoisotopic (exact) mass is 488 g/mol. The molecule has 1 amide bonds. The van der Waals surface area contributed by atoms with Crippen LogP contribution in [0.25, 0.3) is 11.2 Å². The van der Waals surface area contributed by atoms with Gasteiger partial charge in [-0.25, -0.2) is 9.97 Å². The van der Waals surface area contributed by atoms with E-state index in [1.54, 1.807) is 29.1 Å². The van der Waals surface area contributed by atoms with E-state index in [1.165, 1.54) is 0 Å². The van der Waals surface area contributed by atoms with Gasteiger partial charge in [-0.15, -0.1) is 0 Å². The first kappa shape index (κ1) is 23.5. The summed E-state index contributed by atoms with van der Waals surface area (Å²) in [6, 6.07) is 9.79. The van der Waals surface area contributed by atoms with Crippen LogP contribution < -0.4 is 10.6 Å². The van der Waals surface area contributed by atoms with Crippen LogP contribution in [0.3, 0.4) is 0 Å². The molecule has 1 atom stereocenters. The molecule has 0 unspecified atom stereocenters. The molecule has 0 saturated carbocycles. The Bertz CT molecular complexity index is 1350. The summed E-state index contributed by atoms with van der Waals surface area (Å²) in [6.45, 7) is 4.62. The zero-order valence-electron chi connectivity index (χ0n) is 18.2. The molecule has 0 saturated heterocycles. The smallest absolute Gasteiger partial charge is 0.362 e. The number of carbonyl (C=O) groups excluding carboxylic acids is 1. The Kier molecular flexibility index (Phi) is 6.43. The number of carbonyl (C=O) groups is 1. The Hall–Kier alpha value is -3.66. The molecule has 7 nitrogen and oxygen atoms in total. The van der Waals surface area contributed by atoms with E-state index < -0.39 is 22.7 Å². The van der Waals surface area contributed by atoms with Gasteiger partial charge in [-0.3, -0.25) is 9.48 Å². The van der Waals surface area contributed by atoms with E-state index in [0.29, 0.717) is 29.2 Å². The number of aryl methyl sites for hydroxylation is 1. The van der Waals surface area contributed by atoms with Crippen LogP contribution in [0.2, 0.25) is 5.02 Å². The van der Waals surface area contributed by atoms with E-state index in [9.17, 15) is 18.0 Å². The van der Waals surface area contributed by atoms with Crippen molar-refractivity contribution in [2.45, 2.75) is 32.6 Å². The molecule has 2 aromatic heterocycles. The Morgan fingerprint density at radius 1 is 1.21 bits per heavy atom. The minimum atomic E-state index is -4.59. The molecule has 2 aromatic carbocycles. The number of benzene rings is 2. The molecule has 0 bridgehead atoms. The average molecular weight is 489 g/mol. The maximum Gasteiger partial charge on any atom is 0.417 e. The first-order chi connectivity index (χ1) is 16.1. The summed E-state index contributed by atoms with van der Waals surface area (Å²) in [6.07, 6.45) is -1.14. The fraction of sp³-hybridized carbons (Fsp3) is 0.217. The number of fused-ring (bicyclic) bond motifs is 1. The van der Waals surface area contributed by atoms with Gasteiger partial charge in [0, 0.05) is 17.8 Å². The van der Waals surface area contributed by atoms with E-state index in [-0.39, 0.29) is 11.6 Å². The summed E-state index contributed by atoms with van der Waals surface area (Å²) in [4.78, 5) is 21.4. The van der Waals surface area contributed by atoms with Crippen LogP contribution in [0.15, 0.2) is 54.9 Å². The third kappa shape index (κ3) is 5.12. The Balaban J connectivity index is 1.47. The van der Waals surface area contributed by atoms with E-state index >= 15 is 0 Å². The number of hydrogen-bond acceptors (Lipinski definition) is 5. The number of alkyl halides is 3. The predicted molar refractivity (Wildman–Crippen MR) is 124 cm³/mol. The van der Waals surface area contributed by atoms with Crippen molar-refractivity contribution in [1.82, 2.24) is 19.7 Å². The average Bonchev–Trinajstić information content (AvgIpc) is 3.21. The second kappa shape index (κ2) is 9.30. The lowest BCUT2D eigenvalue weighted by atomic mass is 10.1. The maximum atomic E-state index is 12.9. The standard InChI is InChI=1S/C23H20ClF3N6O/c1-3-33-12-19-21(32-33)31-20(11-28-19)29-13(2)14-5-4-6-16(9-14)30-22(34)15-7-8-17(18(24)10-15)23(25,26)27/h4-13H,3H2,1-2H3,(H,30,34)(H,29,31,32)/t13-/m0/s1. The lowest BCUT2D eigenvalue weighted by Gasteiger charge is -2.16. The van der Waals surface area contributed by atoms with Crippen LogP contribution in [0.5, 0.6) is 0 Å². The maximum absolute atomic E-state index is 12.9. The summed E-state index contributed by atoms with van der Waals surface area (Å²) in [5.74, 6) is -0.0218. The zero-order valence-corrected chi connectivity index (χ0v) is 18.9. The molecule has 2 heterocycles. The second-order valence-corrected chi connectivity index (χ2v) is 7.99. The summed E-state index contributed by atoms with van der Waals surface area (Å²) >= 11 is 5.73. The van der Waals surface area contributed by atoms with Gasteiger partial charge >= 0.3 is 6.18 Å². The highest BCUT2D eigenvalue weighted by atomic mass is 35.5. The number of halogens is 4. The fourth-order valence-electron chi connectivity index (χ4n) is 3.36. The number of anilines is 2. The quantitative estimate of drug-likeness (QED) is 0.350. The Labute approximate surface area is 198 Å². The zero-order chi connectivity index (χ0) is 24.5. The van der Waals surface area contributed by atoms with E-state index in [0.717, 1.165) is 23.8 Å². The molecule has 2 N–H and O–H groups in total. The van der Waals surface area contributed by atoms with Crippen molar-refractivity contribution in [1.29, 1.82) is 0 Å². The molecule has 0 aliphatic carbocycles. The number of nitrogens with one attached hydrogen (secondary N) is 2. The van der Waals surface area contributed by atoms with Gasteiger partial charge in [-0.1, -0.05) is 23.7 Å². The number of amides is 1. The molecule has 0 fully saturated rings. The van der Waals surface area contributed by atoms with Crippen LogP contribution >= 0.6 is 11.6 Å². The number of hydrogen-bond donors (Lipinski definition) is 2. The lowest BCUT2D eigenvalue weighted by Crippen LogP contribution is -2.14. The highest BCUT2D eigenvalue weighted by molar-refractivity contribution is 6.32.